The van der Waals surface area contributed by atoms with Crippen molar-refractivity contribution in [3.05, 3.63) is 52.2 Å². The number of aromatic nitrogens is 1. The minimum absolute atomic E-state index is 0.265. The van der Waals surface area contributed by atoms with Gasteiger partial charge in [-0.15, -0.1) is 0 Å². The largest absolute Gasteiger partial charge is 0.368 e. The van der Waals surface area contributed by atoms with Crippen LogP contribution in [0.25, 0.3) is 0 Å². The molecule has 17 heavy (non-hydrogen) atoms. The third-order valence-corrected chi connectivity index (χ3v) is 2.02. The molecule has 7 heteroatoms. The molecule has 1 rings (SSSR count). The molecule has 7 nitrogen and oxygen atoms in total. The van der Waals surface area contributed by atoms with Crippen molar-refractivity contribution in [1.29, 1.82) is 0 Å². The molecule has 0 amide bonds. The highest BCUT2D eigenvalue weighted by molar-refractivity contribution is 5.09. The Balaban J connectivity index is 2.80. The van der Waals surface area contributed by atoms with Crippen molar-refractivity contribution >= 4 is 0 Å². The van der Waals surface area contributed by atoms with E-state index in [4.69, 9.17) is 4.84 Å². The Hall–Kier alpha value is -2.15. The first-order valence-electron chi connectivity index (χ1n) is 4.91. The molecular weight excluding hydrogens is 224 g/mol. The number of nitro groups is 1. The molecule has 0 atom stereocenters. The Kier molecular flexibility index (Phi) is 4.89. The Bertz CT molecular complexity index is 394. The van der Waals surface area contributed by atoms with Crippen LogP contribution in [0.15, 0.2) is 36.5 Å². The van der Waals surface area contributed by atoms with E-state index in [1.807, 2.05) is 6.07 Å². The van der Waals surface area contributed by atoms with Gasteiger partial charge in [-0.1, -0.05) is 6.07 Å². The van der Waals surface area contributed by atoms with Gasteiger partial charge in [-0.05, 0) is 11.6 Å². The SMILES string of the molecule is CNC(=C[N+](=O)[O-])N(Cc1cccnc1)OC. The number of hydrogen-bond acceptors (Lipinski definition) is 6. The van der Waals surface area contributed by atoms with Crippen LogP contribution in [0.5, 0.6) is 0 Å². The zero-order valence-corrected chi connectivity index (χ0v) is 9.66. The molecule has 1 N–H and O–H groups in total. The van der Waals surface area contributed by atoms with Crippen molar-refractivity contribution in [2.75, 3.05) is 14.2 Å². The lowest BCUT2D eigenvalue weighted by molar-refractivity contribution is -0.406. The Morgan fingerprint density at radius 3 is 3.00 bits per heavy atom. The monoisotopic (exact) mass is 238 g/mol. The lowest BCUT2D eigenvalue weighted by Gasteiger charge is -2.22. The molecule has 0 saturated heterocycles. The second-order valence-corrected chi connectivity index (χ2v) is 3.13. The molecule has 0 radical (unpaired) electrons. The fraction of sp³-hybridized carbons (Fsp3) is 0.300. The molecule has 0 aliphatic rings. The van der Waals surface area contributed by atoms with Crippen LogP contribution in [0.4, 0.5) is 0 Å². The topological polar surface area (TPSA) is 80.5 Å². The second-order valence-electron chi connectivity index (χ2n) is 3.13. The molecular formula is C10H14N4O3. The molecule has 1 aromatic rings. The summed E-state index contributed by atoms with van der Waals surface area (Å²) in [5.41, 5.74) is 0.888. The van der Waals surface area contributed by atoms with Gasteiger partial charge >= 0.3 is 0 Å². The molecule has 1 heterocycles. The van der Waals surface area contributed by atoms with Gasteiger partial charge in [0.15, 0.2) is 5.82 Å². The number of hydrogen-bond donors (Lipinski definition) is 1. The molecule has 0 bridgehead atoms. The first-order chi connectivity index (χ1) is 8.17. The molecule has 0 spiro atoms. The van der Waals surface area contributed by atoms with Crippen LogP contribution in [0, 0.1) is 10.1 Å². The van der Waals surface area contributed by atoms with Crippen molar-refractivity contribution in [3.8, 4) is 0 Å². The van der Waals surface area contributed by atoms with Crippen molar-refractivity contribution in [2.45, 2.75) is 6.54 Å². The van der Waals surface area contributed by atoms with E-state index < -0.39 is 4.92 Å². The highest BCUT2D eigenvalue weighted by Crippen LogP contribution is 2.08. The minimum Gasteiger partial charge on any atom is -0.368 e. The molecule has 0 aliphatic heterocycles. The fourth-order valence-electron chi connectivity index (χ4n) is 1.26. The van der Waals surface area contributed by atoms with Gasteiger partial charge in [0, 0.05) is 19.4 Å². The summed E-state index contributed by atoms with van der Waals surface area (Å²) < 4.78 is 0. The Morgan fingerprint density at radius 1 is 1.76 bits per heavy atom. The summed E-state index contributed by atoms with van der Waals surface area (Å²) in [6.45, 7) is 0.366. The van der Waals surface area contributed by atoms with Crippen molar-refractivity contribution < 1.29 is 9.76 Å². The summed E-state index contributed by atoms with van der Waals surface area (Å²) in [5, 5.41) is 14.5. The van der Waals surface area contributed by atoms with Crippen LogP contribution in [0.2, 0.25) is 0 Å². The third kappa shape index (κ3) is 4.07. The molecule has 92 valence electrons. The van der Waals surface area contributed by atoms with Crippen molar-refractivity contribution in [1.82, 2.24) is 15.4 Å². The highest BCUT2D eigenvalue weighted by Gasteiger charge is 2.12. The zero-order chi connectivity index (χ0) is 12.7. The van der Waals surface area contributed by atoms with Crippen LogP contribution in [-0.4, -0.2) is 29.1 Å². The van der Waals surface area contributed by atoms with Crippen LogP contribution < -0.4 is 5.32 Å². The summed E-state index contributed by atoms with van der Waals surface area (Å²) >= 11 is 0. The van der Waals surface area contributed by atoms with E-state index >= 15 is 0 Å². The summed E-state index contributed by atoms with van der Waals surface area (Å²) in [4.78, 5) is 18.9. The maximum absolute atomic E-state index is 10.4. The maximum atomic E-state index is 10.4. The van der Waals surface area contributed by atoms with E-state index in [-0.39, 0.29) is 5.82 Å². The standard InChI is InChI=1S/C10H14N4O3/c1-11-10(8-14(15)16)13(17-2)7-9-4-3-5-12-6-9/h3-6,8,11H,7H2,1-2H3. The van der Waals surface area contributed by atoms with Gasteiger partial charge in [0.05, 0.1) is 18.6 Å². The average molecular weight is 238 g/mol. The molecule has 0 saturated carbocycles. The van der Waals surface area contributed by atoms with Crippen molar-refractivity contribution in [3.63, 3.8) is 0 Å². The zero-order valence-electron chi connectivity index (χ0n) is 9.66. The van der Waals surface area contributed by atoms with E-state index in [2.05, 4.69) is 10.3 Å². The number of rotatable bonds is 6. The Labute approximate surface area is 98.8 Å². The first-order valence-corrected chi connectivity index (χ1v) is 4.91. The van der Waals surface area contributed by atoms with Crippen LogP contribution >= 0.6 is 0 Å². The van der Waals surface area contributed by atoms with Gasteiger partial charge in [-0.3, -0.25) is 19.9 Å². The van der Waals surface area contributed by atoms with E-state index in [0.29, 0.717) is 6.54 Å². The highest BCUT2D eigenvalue weighted by atomic mass is 16.7. The number of hydroxylamine groups is 2. The molecule has 0 aromatic carbocycles. The fourth-order valence-corrected chi connectivity index (χ4v) is 1.26. The minimum atomic E-state index is -0.541. The van der Waals surface area contributed by atoms with Gasteiger partial charge in [0.1, 0.15) is 0 Å². The third-order valence-electron chi connectivity index (χ3n) is 2.02. The van der Waals surface area contributed by atoms with E-state index in [9.17, 15) is 10.1 Å². The van der Waals surface area contributed by atoms with Crippen LogP contribution in [0.1, 0.15) is 5.56 Å². The average Bonchev–Trinajstić information content (AvgIpc) is 2.34. The smallest absolute Gasteiger partial charge is 0.276 e. The van der Waals surface area contributed by atoms with Gasteiger partial charge in [-0.2, -0.15) is 0 Å². The van der Waals surface area contributed by atoms with Crippen LogP contribution in [0.3, 0.4) is 0 Å². The quantitative estimate of drug-likeness (QED) is 0.581. The normalized spacial score (nSPS) is 11.1. The molecule has 0 fully saturated rings. The number of nitrogens with zero attached hydrogens (tertiary/aromatic N) is 3. The number of nitrogens with one attached hydrogen (secondary N) is 1. The van der Waals surface area contributed by atoms with Gasteiger partial charge < -0.3 is 5.32 Å². The Morgan fingerprint density at radius 2 is 2.53 bits per heavy atom. The van der Waals surface area contributed by atoms with Gasteiger partial charge in [-0.25, -0.2) is 5.06 Å². The van der Waals surface area contributed by atoms with E-state index in [0.717, 1.165) is 11.8 Å². The molecule has 0 aliphatic carbocycles. The number of pyridine rings is 1. The first kappa shape index (κ1) is 12.9. The van der Waals surface area contributed by atoms with Gasteiger partial charge in [0.2, 0.25) is 0 Å². The van der Waals surface area contributed by atoms with Crippen molar-refractivity contribution in [2.24, 2.45) is 0 Å². The van der Waals surface area contributed by atoms with Gasteiger partial charge in [0.25, 0.3) is 6.20 Å². The summed E-state index contributed by atoms with van der Waals surface area (Å²) in [7, 11) is 3.03. The second kappa shape index (κ2) is 6.44. The van der Waals surface area contributed by atoms with Crippen LogP contribution in [-0.2, 0) is 11.4 Å². The predicted octanol–water partition coefficient (Wildman–Crippen LogP) is 0.740. The summed E-state index contributed by atoms with van der Waals surface area (Å²) in [5.74, 6) is 0.265. The molecule has 0 unspecified atom stereocenters. The maximum Gasteiger partial charge on any atom is 0.276 e. The summed E-state index contributed by atoms with van der Waals surface area (Å²) in [6.07, 6.45) is 4.18. The predicted molar refractivity (Wildman–Crippen MR) is 60.9 cm³/mol. The lowest BCUT2D eigenvalue weighted by atomic mass is 10.3. The lowest BCUT2D eigenvalue weighted by Crippen LogP contribution is -2.29. The van der Waals surface area contributed by atoms with E-state index in [1.54, 1.807) is 25.5 Å². The van der Waals surface area contributed by atoms with E-state index in [1.165, 1.54) is 12.2 Å². The molecule has 1 aromatic heterocycles. The summed E-state index contributed by atoms with van der Waals surface area (Å²) in [6, 6.07) is 3.65.